The van der Waals surface area contributed by atoms with Crippen LogP contribution in [0.15, 0.2) is 0 Å². The van der Waals surface area contributed by atoms with Gasteiger partial charge in [0.2, 0.25) is 5.91 Å². The van der Waals surface area contributed by atoms with E-state index in [1.54, 1.807) is 0 Å². The molecule has 2 aliphatic heterocycles. The van der Waals surface area contributed by atoms with Crippen LogP contribution in [0.2, 0.25) is 0 Å². The first-order chi connectivity index (χ1) is 6.31. The predicted octanol–water partition coefficient (Wildman–Crippen LogP) is -0.183. The summed E-state index contributed by atoms with van der Waals surface area (Å²) in [6.45, 7) is 3.05. The van der Waals surface area contributed by atoms with Gasteiger partial charge in [-0.2, -0.15) is 5.26 Å². The van der Waals surface area contributed by atoms with Crippen molar-refractivity contribution in [1.29, 1.82) is 5.26 Å². The molecule has 0 bridgehead atoms. The highest BCUT2D eigenvalue weighted by Crippen LogP contribution is 2.22. The average Bonchev–Trinajstić information content (AvgIpc) is 2.48. The summed E-state index contributed by atoms with van der Waals surface area (Å²) in [5, 5.41) is 8.54. The predicted molar refractivity (Wildman–Crippen MR) is 46.8 cm³/mol. The lowest BCUT2D eigenvalue weighted by Crippen LogP contribution is -2.51. The summed E-state index contributed by atoms with van der Waals surface area (Å²) in [6.07, 6.45) is 1.67. The van der Waals surface area contributed by atoms with Crippen LogP contribution in [0, 0.1) is 11.3 Å². The maximum absolute atomic E-state index is 11.3. The average molecular weight is 179 g/mol. The quantitative estimate of drug-likeness (QED) is 0.524. The molecule has 1 unspecified atom stereocenters. The molecule has 0 aliphatic carbocycles. The Labute approximate surface area is 77.7 Å². The lowest BCUT2D eigenvalue weighted by molar-refractivity contribution is -0.130. The van der Waals surface area contributed by atoms with E-state index in [4.69, 9.17) is 5.26 Å². The van der Waals surface area contributed by atoms with E-state index in [2.05, 4.69) is 11.0 Å². The first-order valence-electron chi connectivity index (χ1n) is 4.70. The third-order valence-corrected chi connectivity index (χ3v) is 2.87. The van der Waals surface area contributed by atoms with Gasteiger partial charge in [0.05, 0.1) is 12.6 Å². The van der Waals surface area contributed by atoms with Gasteiger partial charge < -0.3 is 4.90 Å². The van der Waals surface area contributed by atoms with Gasteiger partial charge in [-0.05, 0) is 6.42 Å². The minimum absolute atomic E-state index is 0.293. The van der Waals surface area contributed by atoms with Gasteiger partial charge in [0.25, 0.3) is 0 Å². The minimum atomic E-state index is 0.293. The Hall–Kier alpha value is -1.08. The summed E-state index contributed by atoms with van der Waals surface area (Å²) >= 11 is 0. The van der Waals surface area contributed by atoms with Crippen LogP contribution in [0.1, 0.15) is 12.8 Å². The molecule has 2 heterocycles. The van der Waals surface area contributed by atoms with Crippen molar-refractivity contribution in [1.82, 2.24) is 9.80 Å². The van der Waals surface area contributed by atoms with Crippen LogP contribution in [0.4, 0.5) is 0 Å². The zero-order valence-corrected chi connectivity index (χ0v) is 7.57. The van der Waals surface area contributed by atoms with Gasteiger partial charge in [0.1, 0.15) is 0 Å². The van der Waals surface area contributed by atoms with E-state index in [9.17, 15) is 4.79 Å². The molecule has 0 aromatic carbocycles. The molecule has 0 N–H and O–H groups in total. The second-order valence-electron chi connectivity index (χ2n) is 3.67. The van der Waals surface area contributed by atoms with Crippen molar-refractivity contribution in [3.63, 3.8) is 0 Å². The van der Waals surface area contributed by atoms with Gasteiger partial charge in [0, 0.05) is 32.1 Å². The normalized spacial score (nSPS) is 28.7. The Morgan fingerprint density at radius 1 is 1.54 bits per heavy atom. The van der Waals surface area contributed by atoms with E-state index in [0.717, 1.165) is 26.1 Å². The molecule has 4 heteroatoms. The maximum Gasteiger partial charge on any atom is 0.222 e. The van der Waals surface area contributed by atoms with Gasteiger partial charge in [-0.25, -0.2) is 0 Å². The summed E-state index contributed by atoms with van der Waals surface area (Å²) in [6, 6.07) is 2.53. The summed E-state index contributed by atoms with van der Waals surface area (Å²) in [5.41, 5.74) is 0. The molecule has 1 atom stereocenters. The summed E-state index contributed by atoms with van der Waals surface area (Å²) < 4.78 is 0. The third-order valence-electron chi connectivity index (χ3n) is 2.87. The van der Waals surface area contributed by atoms with Crippen molar-refractivity contribution < 1.29 is 4.79 Å². The molecule has 0 radical (unpaired) electrons. The number of nitrogens with zero attached hydrogens (tertiary/aromatic N) is 3. The summed E-state index contributed by atoms with van der Waals surface area (Å²) in [5.74, 6) is 0.293. The first-order valence-corrected chi connectivity index (χ1v) is 4.70. The van der Waals surface area contributed by atoms with Crippen LogP contribution < -0.4 is 0 Å². The molecular weight excluding hydrogens is 166 g/mol. The van der Waals surface area contributed by atoms with Gasteiger partial charge >= 0.3 is 0 Å². The van der Waals surface area contributed by atoms with Crippen molar-refractivity contribution in [2.75, 3.05) is 26.2 Å². The fourth-order valence-corrected chi connectivity index (χ4v) is 2.17. The Balaban J connectivity index is 1.96. The first kappa shape index (κ1) is 8.52. The highest BCUT2D eigenvalue weighted by molar-refractivity contribution is 5.78. The number of carbonyl (C=O) groups is 1. The molecule has 0 aromatic rings. The van der Waals surface area contributed by atoms with Crippen molar-refractivity contribution in [3.05, 3.63) is 0 Å². The molecule has 2 aliphatic rings. The number of carbonyl (C=O) groups excluding carboxylic acids is 1. The van der Waals surface area contributed by atoms with E-state index in [-0.39, 0.29) is 0 Å². The van der Waals surface area contributed by atoms with Crippen molar-refractivity contribution in [3.8, 4) is 6.07 Å². The monoisotopic (exact) mass is 179 g/mol. The van der Waals surface area contributed by atoms with Crippen molar-refractivity contribution in [2.45, 2.75) is 18.9 Å². The summed E-state index contributed by atoms with van der Waals surface area (Å²) in [7, 11) is 0. The highest BCUT2D eigenvalue weighted by atomic mass is 16.2. The zero-order chi connectivity index (χ0) is 9.26. The smallest absolute Gasteiger partial charge is 0.222 e. The number of fused-ring (bicyclic) bond motifs is 1. The van der Waals surface area contributed by atoms with E-state index >= 15 is 0 Å². The fourth-order valence-electron chi connectivity index (χ4n) is 2.17. The summed E-state index contributed by atoms with van der Waals surface area (Å²) in [4.78, 5) is 15.4. The van der Waals surface area contributed by atoms with Crippen LogP contribution in [-0.4, -0.2) is 47.9 Å². The molecule has 4 nitrogen and oxygen atoms in total. The Bertz CT molecular complexity index is 258. The van der Waals surface area contributed by atoms with Crippen molar-refractivity contribution in [2.24, 2.45) is 0 Å². The Morgan fingerprint density at radius 3 is 3.15 bits per heavy atom. The second kappa shape index (κ2) is 3.35. The van der Waals surface area contributed by atoms with E-state index in [0.29, 0.717) is 24.9 Å². The number of amides is 1. The van der Waals surface area contributed by atoms with Crippen LogP contribution in [-0.2, 0) is 4.79 Å². The van der Waals surface area contributed by atoms with Gasteiger partial charge in [-0.3, -0.25) is 9.69 Å². The Morgan fingerprint density at radius 2 is 2.38 bits per heavy atom. The Kier molecular flexibility index (Phi) is 2.19. The van der Waals surface area contributed by atoms with Crippen LogP contribution >= 0.6 is 0 Å². The second-order valence-corrected chi connectivity index (χ2v) is 3.67. The zero-order valence-electron chi connectivity index (χ0n) is 7.57. The molecule has 0 aromatic heterocycles. The molecule has 2 fully saturated rings. The third kappa shape index (κ3) is 1.52. The number of nitriles is 1. The minimum Gasteiger partial charge on any atom is -0.337 e. The number of rotatable bonds is 1. The molecular formula is C9H13N3O. The SMILES string of the molecule is N#CCN1CCN2C(=O)CCC2C1. The van der Waals surface area contributed by atoms with E-state index in [1.165, 1.54) is 0 Å². The van der Waals surface area contributed by atoms with Gasteiger partial charge in [-0.1, -0.05) is 0 Å². The van der Waals surface area contributed by atoms with Crippen LogP contribution in [0.3, 0.4) is 0 Å². The number of hydrogen-bond donors (Lipinski definition) is 0. The molecule has 70 valence electrons. The topological polar surface area (TPSA) is 47.3 Å². The highest BCUT2D eigenvalue weighted by Gasteiger charge is 2.34. The van der Waals surface area contributed by atoms with Crippen LogP contribution in [0.25, 0.3) is 0 Å². The molecule has 0 spiro atoms. The van der Waals surface area contributed by atoms with Crippen LogP contribution in [0.5, 0.6) is 0 Å². The lowest BCUT2D eigenvalue weighted by atomic mass is 10.1. The van der Waals surface area contributed by atoms with Gasteiger partial charge in [-0.15, -0.1) is 0 Å². The van der Waals surface area contributed by atoms with E-state index < -0.39 is 0 Å². The largest absolute Gasteiger partial charge is 0.337 e. The van der Waals surface area contributed by atoms with Gasteiger partial charge in [0.15, 0.2) is 0 Å². The maximum atomic E-state index is 11.3. The number of piperazine rings is 1. The molecule has 1 amide bonds. The fraction of sp³-hybridized carbons (Fsp3) is 0.778. The van der Waals surface area contributed by atoms with E-state index in [1.807, 2.05) is 4.90 Å². The molecule has 2 rings (SSSR count). The number of hydrogen-bond acceptors (Lipinski definition) is 3. The van der Waals surface area contributed by atoms with Crippen molar-refractivity contribution >= 4 is 5.91 Å². The molecule has 13 heavy (non-hydrogen) atoms. The molecule has 2 saturated heterocycles. The molecule has 0 saturated carbocycles. The lowest BCUT2D eigenvalue weighted by Gasteiger charge is -2.36. The standard InChI is InChI=1S/C9H13N3O/c10-3-4-11-5-6-12-8(7-11)1-2-9(12)13/h8H,1-2,4-7H2.